The predicted molar refractivity (Wildman–Crippen MR) is 193 cm³/mol. The number of alkyl halides is 3. The van der Waals surface area contributed by atoms with Crippen molar-refractivity contribution in [2.45, 2.75) is 68.2 Å². The van der Waals surface area contributed by atoms with Crippen LogP contribution >= 0.6 is 34.8 Å². The molecule has 1 aliphatic carbocycles. The molecule has 0 radical (unpaired) electrons. The summed E-state index contributed by atoms with van der Waals surface area (Å²) in [6.45, 7) is -1.24. The number of halogens is 6. The normalized spacial score (nSPS) is 14.5. The van der Waals surface area contributed by atoms with Gasteiger partial charge in [-0.2, -0.15) is 13.2 Å². The number of amides is 2. The second-order valence-electron chi connectivity index (χ2n) is 12.3. The van der Waals surface area contributed by atoms with Crippen molar-refractivity contribution in [2.75, 3.05) is 10.8 Å². The summed E-state index contributed by atoms with van der Waals surface area (Å²) in [4.78, 5) is 29.9. The third-order valence-corrected chi connectivity index (χ3v) is 11.4. The summed E-state index contributed by atoms with van der Waals surface area (Å²) in [5, 5.41) is 3.28. The second-order valence-corrected chi connectivity index (χ2v) is 15.4. The lowest BCUT2D eigenvalue weighted by Crippen LogP contribution is -2.55. The van der Waals surface area contributed by atoms with E-state index in [1.54, 1.807) is 42.5 Å². The van der Waals surface area contributed by atoms with Crippen LogP contribution in [-0.2, 0) is 38.8 Å². The number of anilines is 1. The van der Waals surface area contributed by atoms with Crippen LogP contribution in [0, 0.1) is 0 Å². The minimum atomic E-state index is -4.85. The maximum atomic E-state index is 14.7. The number of benzene rings is 4. The van der Waals surface area contributed by atoms with Crippen LogP contribution in [0.15, 0.2) is 102 Å². The summed E-state index contributed by atoms with van der Waals surface area (Å²) in [6.07, 6.45) is -0.366. The Bertz CT molecular complexity index is 1950. The van der Waals surface area contributed by atoms with Crippen molar-refractivity contribution < 1.29 is 31.2 Å². The van der Waals surface area contributed by atoms with Crippen molar-refractivity contribution >= 4 is 62.3 Å². The molecular formula is C37H35Cl3F3N3O4S. The number of hydrogen-bond acceptors (Lipinski definition) is 4. The Hall–Kier alpha value is -3.77. The molecule has 4 aromatic carbocycles. The van der Waals surface area contributed by atoms with Gasteiger partial charge in [-0.1, -0.05) is 109 Å². The predicted octanol–water partition coefficient (Wildman–Crippen LogP) is 8.95. The Morgan fingerprint density at radius 1 is 0.824 bits per heavy atom. The number of carbonyl (C=O) groups is 2. The summed E-state index contributed by atoms with van der Waals surface area (Å²) in [7, 11) is -4.69. The monoisotopic (exact) mass is 779 g/mol. The van der Waals surface area contributed by atoms with Crippen molar-refractivity contribution in [3.63, 3.8) is 0 Å². The van der Waals surface area contributed by atoms with E-state index >= 15 is 0 Å². The fraction of sp³-hybridized carbons (Fsp3) is 0.297. The van der Waals surface area contributed by atoms with Crippen LogP contribution in [-0.4, -0.2) is 43.8 Å². The van der Waals surface area contributed by atoms with Crippen molar-refractivity contribution in [1.82, 2.24) is 10.2 Å². The molecule has 14 heteroatoms. The Morgan fingerprint density at radius 2 is 1.47 bits per heavy atom. The highest BCUT2D eigenvalue weighted by Gasteiger charge is 2.38. The highest BCUT2D eigenvalue weighted by molar-refractivity contribution is 7.92. The Balaban J connectivity index is 1.63. The highest BCUT2D eigenvalue weighted by atomic mass is 35.5. The molecule has 1 fully saturated rings. The SMILES string of the molecule is O=C(NC1CCCCC1)[C@@H](Cc1ccccc1)N(Cc1ccc(Cl)cc1Cl)C(=O)CN(c1cc(C(F)(F)F)ccc1Cl)S(=O)(=O)c1ccccc1. The zero-order valence-corrected chi connectivity index (χ0v) is 30.3. The molecule has 1 saturated carbocycles. The maximum absolute atomic E-state index is 14.7. The Labute approximate surface area is 310 Å². The van der Waals surface area contributed by atoms with Crippen LogP contribution in [0.3, 0.4) is 0 Å². The molecule has 0 aromatic heterocycles. The van der Waals surface area contributed by atoms with Gasteiger partial charge in [-0.25, -0.2) is 8.42 Å². The zero-order chi connectivity index (χ0) is 36.8. The lowest BCUT2D eigenvalue weighted by molar-refractivity contribution is -0.140. The number of hydrogen-bond donors (Lipinski definition) is 1. The van der Waals surface area contributed by atoms with Crippen LogP contribution < -0.4 is 9.62 Å². The molecule has 2 amide bonds. The quantitative estimate of drug-likeness (QED) is 0.156. The van der Waals surface area contributed by atoms with Crippen molar-refractivity contribution in [2.24, 2.45) is 0 Å². The lowest BCUT2D eigenvalue weighted by Gasteiger charge is -2.35. The van der Waals surface area contributed by atoms with E-state index in [0.717, 1.165) is 49.8 Å². The molecule has 270 valence electrons. The number of nitrogens with zero attached hydrogens (tertiary/aromatic N) is 2. The summed E-state index contributed by atoms with van der Waals surface area (Å²) in [6, 6.07) is 21.5. The third kappa shape index (κ3) is 9.77. The molecule has 5 rings (SSSR count). The molecule has 4 aromatic rings. The molecule has 1 atom stereocenters. The summed E-state index contributed by atoms with van der Waals surface area (Å²) in [5.41, 5.74) is -0.593. The highest BCUT2D eigenvalue weighted by Crippen LogP contribution is 2.38. The maximum Gasteiger partial charge on any atom is 0.416 e. The van der Waals surface area contributed by atoms with E-state index in [4.69, 9.17) is 34.8 Å². The van der Waals surface area contributed by atoms with Crippen LogP contribution in [0.25, 0.3) is 0 Å². The van der Waals surface area contributed by atoms with E-state index in [0.29, 0.717) is 21.0 Å². The fourth-order valence-corrected chi connectivity index (χ4v) is 8.23. The smallest absolute Gasteiger partial charge is 0.352 e. The molecule has 0 heterocycles. The lowest BCUT2D eigenvalue weighted by atomic mass is 9.94. The molecule has 0 spiro atoms. The first-order valence-electron chi connectivity index (χ1n) is 16.3. The molecule has 1 N–H and O–H groups in total. The largest absolute Gasteiger partial charge is 0.416 e. The minimum absolute atomic E-state index is 0.0477. The zero-order valence-electron chi connectivity index (χ0n) is 27.3. The van der Waals surface area contributed by atoms with Gasteiger partial charge in [-0.05, 0) is 66.4 Å². The van der Waals surface area contributed by atoms with Gasteiger partial charge in [0.15, 0.2) is 0 Å². The van der Waals surface area contributed by atoms with Gasteiger partial charge >= 0.3 is 6.18 Å². The van der Waals surface area contributed by atoms with Crippen LogP contribution in [0.2, 0.25) is 15.1 Å². The molecule has 1 aliphatic rings. The Kier molecular flexibility index (Phi) is 12.6. The standard InChI is InChI=1S/C37H35Cl3F3N3O4S/c38-28-18-16-26(32(40)22-28)23-45(34(20-25-10-4-1-5-11-25)36(48)44-29-12-6-2-7-13-29)35(47)24-46(51(49,50)30-14-8-3-9-15-30)33-21-27(37(41,42)43)17-19-31(33)39/h1,3-5,8-11,14-19,21-22,29,34H,2,6-7,12-13,20,23-24H2,(H,44,48)/t34-/m1/s1. The number of sulfonamides is 1. The average molecular weight is 781 g/mol. The van der Waals surface area contributed by atoms with Gasteiger partial charge in [0.1, 0.15) is 12.6 Å². The van der Waals surface area contributed by atoms with Gasteiger partial charge in [0.25, 0.3) is 10.0 Å². The number of rotatable bonds is 12. The van der Waals surface area contributed by atoms with E-state index < -0.39 is 51.9 Å². The first-order chi connectivity index (χ1) is 24.2. The van der Waals surface area contributed by atoms with Crippen LogP contribution in [0.4, 0.5) is 18.9 Å². The van der Waals surface area contributed by atoms with E-state index in [1.165, 1.54) is 35.2 Å². The number of nitrogens with one attached hydrogen (secondary N) is 1. The molecule has 7 nitrogen and oxygen atoms in total. The second kappa shape index (κ2) is 16.7. The van der Waals surface area contributed by atoms with Gasteiger partial charge in [0.05, 0.1) is 21.2 Å². The van der Waals surface area contributed by atoms with Crippen molar-refractivity contribution in [3.05, 3.63) is 129 Å². The Morgan fingerprint density at radius 3 is 2.10 bits per heavy atom. The summed E-state index contributed by atoms with van der Waals surface area (Å²) >= 11 is 19.1. The van der Waals surface area contributed by atoms with Gasteiger partial charge < -0.3 is 10.2 Å². The molecular weight excluding hydrogens is 746 g/mol. The minimum Gasteiger partial charge on any atom is -0.352 e. The summed E-state index contributed by atoms with van der Waals surface area (Å²) in [5.74, 6) is -1.34. The fourth-order valence-electron chi connectivity index (χ4n) is 6.04. The first-order valence-corrected chi connectivity index (χ1v) is 18.8. The van der Waals surface area contributed by atoms with E-state index in [9.17, 15) is 31.2 Å². The first kappa shape index (κ1) is 38.5. The van der Waals surface area contributed by atoms with Crippen LogP contribution in [0.5, 0.6) is 0 Å². The van der Waals surface area contributed by atoms with Gasteiger partial charge in [-0.3, -0.25) is 13.9 Å². The third-order valence-electron chi connectivity index (χ3n) is 8.73. The van der Waals surface area contributed by atoms with Crippen LogP contribution in [0.1, 0.15) is 48.8 Å². The van der Waals surface area contributed by atoms with E-state index in [1.807, 2.05) is 6.07 Å². The number of carbonyl (C=O) groups excluding carboxylic acids is 2. The molecule has 0 unspecified atom stereocenters. The van der Waals surface area contributed by atoms with E-state index in [2.05, 4.69) is 5.32 Å². The average Bonchev–Trinajstić information content (AvgIpc) is 3.10. The van der Waals surface area contributed by atoms with Gasteiger partial charge in [0.2, 0.25) is 11.8 Å². The van der Waals surface area contributed by atoms with Crippen molar-refractivity contribution in [1.29, 1.82) is 0 Å². The van der Waals surface area contributed by atoms with Gasteiger partial charge in [-0.15, -0.1) is 0 Å². The van der Waals surface area contributed by atoms with Gasteiger partial charge in [0, 0.05) is 29.1 Å². The molecule has 0 aliphatic heterocycles. The molecule has 51 heavy (non-hydrogen) atoms. The van der Waals surface area contributed by atoms with E-state index in [-0.39, 0.29) is 33.9 Å². The van der Waals surface area contributed by atoms with Crippen molar-refractivity contribution in [3.8, 4) is 0 Å². The molecule has 0 bridgehead atoms. The topological polar surface area (TPSA) is 86.8 Å². The summed E-state index contributed by atoms with van der Waals surface area (Å²) < 4.78 is 70.7. The molecule has 0 saturated heterocycles.